The summed E-state index contributed by atoms with van der Waals surface area (Å²) < 4.78 is 4.86. The van der Waals surface area contributed by atoms with Crippen LogP contribution < -0.4 is 10.1 Å². The van der Waals surface area contributed by atoms with Gasteiger partial charge in [-0.1, -0.05) is 12.1 Å². The van der Waals surface area contributed by atoms with Crippen molar-refractivity contribution < 1.29 is 24.2 Å². The number of hydrogen-bond acceptors (Lipinski definition) is 4. The van der Waals surface area contributed by atoms with Gasteiger partial charge in [0.05, 0.1) is 5.56 Å². The molecule has 0 unspecified atom stereocenters. The average Bonchev–Trinajstić information content (AvgIpc) is 2.28. The number of carboxylic acids is 1. The Hall–Kier alpha value is -2.37. The van der Waals surface area contributed by atoms with E-state index in [9.17, 15) is 14.4 Å². The molecule has 0 saturated heterocycles. The highest BCUT2D eigenvalue weighted by atomic mass is 16.5. The fraction of sp³-hybridized carbons (Fsp3) is 0.250. The van der Waals surface area contributed by atoms with Crippen LogP contribution >= 0.6 is 0 Å². The molecular weight excluding hydrogens is 238 g/mol. The van der Waals surface area contributed by atoms with Crippen LogP contribution in [0.1, 0.15) is 24.2 Å². The van der Waals surface area contributed by atoms with Crippen LogP contribution in [0, 0.1) is 0 Å². The molecule has 0 aliphatic carbocycles. The zero-order valence-corrected chi connectivity index (χ0v) is 9.97. The summed E-state index contributed by atoms with van der Waals surface area (Å²) in [6.07, 6.45) is 0. The molecule has 1 amide bonds. The van der Waals surface area contributed by atoms with Crippen LogP contribution in [-0.2, 0) is 9.59 Å². The summed E-state index contributed by atoms with van der Waals surface area (Å²) in [4.78, 5) is 33.3. The zero-order chi connectivity index (χ0) is 13.7. The van der Waals surface area contributed by atoms with E-state index in [0.29, 0.717) is 0 Å². The van der Waals surface area contributed by atoms with Crippen molar-refractivity contribution in [2.75, 3.05) is 0 Å². The van der Waals surface area contributed by atoms with Gasteiger partial charge in [0.25, 0.3) is 5.91 Å². The first-order chi connectivity index (χ1) is 8.41. The lowest BCUT2D eigenvalue weighted by molar-refractivity contribution is -0.138. The van der Waals surface area contributed by atoms with Crippen molar-refractivity contribution in [2.24, 2.45) is 0 Å². The Morgan fingerprint density at radius 3 is 2.44 bits per heavy atom. The van der Waals surface area contributed by atoms with Crippen molar-refractivity contribution in [1.29, 1.82) is 0 Å². The molecule has 0 aliphatic heterocycles. The lowest BCUT2D eigenvalue weighted by Crippen LogP contribution is -2.38. The molecule has 0 spiro atoms. The Kier molecular flexibility index (Phi) is 4.42. The third-order valence-electron chi connectivity index (χ3n) is 2.10. The highest BCUT2D eigenvalue weighted by Gasteiger charge is 2.18. The van der Waals surface area contributed by atoms with Crippen molar-refractivity contribution in [1.82, 2.24) is 5.32 Å². The molecule has 0 heterocycles. The molecule has 6 heteroatoms. The van der Waals surface area contributed by atoms with Gasteiger partial charge in [-0.3, -0.25) is 14.4 Å². The molecule has 0 fully saturated rings. The lowest BCUT2D eigenvalue weighted by atomic mass is 10.1. The highest BCUT2D eigenvalue weighted by Crippen LogP contribution is 2.18. The number of hydrogen-bond donors (Lipinski definition) is 2. The van der Waals surface area contributed by atoms with Gasteiger partial charge in [-0.2, -0.15) is 0 Å². The van der Waals surface area contributed by atoms with Crippen LogP contribution in [-0.4, -0.2) is 29.0 Å². The van der Waals surface area contributed by atoms with Crippen molar-refractivity contribution in [3.8, 4) is 5.75 Å². The van der Waals surface area contributed by atoms with Gasteiger partial charge < -0.3 is 15.2 Å². The van der Waals surface area contributed by atoms with Crippen molar-refractivity contribution in [3.63, 3.8) is 0 Å². The van der Waals surface area contributed by atoms with Crippen LogP contribution in [0.3, 0.4) is 0 Å². The third-order valence-corrected chi connectivity index (χ3v) is 2.10. The van der Waals surface area contributed by atoms with Crippen LogP contribution in [0.15, 0.2) is 24.3 Å². The first kappa shape index (κ1) is 13.7. The summed E-state index contributed by atoms with van der Waals surface area (Å²) in [5, 5.41) is 11.0. The van der Waals surface area contributed by atoms with Crippen LogP contribution in [0.5, 0.6) is 5.75 Å². The Bertz CT molecular complexity index is 483. The van der Waals surface area contributed by atoms with E-state index in [-0.39, 0.29) is 11.3 Å². The maximum Gasteiger partial charge on any atom is 0.325 e. The van der Waals surface area contributed by atoms with Crippen molar-refractivity contribution in [3.05, 3.63) is 29.8 Å². The molecule has 6 nitrogen and oxygen atoms in total. The maximum atomic E-state index is 11.8. The van der Waals surface area contributed by atoms with Gasteiger partial charge in [-0.05, 0) is 19.1 Å². The normalized spacial score (nSPS) is 11.4. The average molecular weight is 251 g/mol. The highest BCUT2D eigenvalue weighted by molar-refractivity contribution is 5.99. The van der Waals surface area contributed by atoms with E-state index in [1.165, 1.54) is 26.0 Å². The SMILES string of the molecule is CC(=O)Oc1ccccc1C(=O)N[C@@H](C)C(=O)O. The zero-order valence-electron chi connectivity index (χ0n) is 9.97. The number of esters is 1. The van der Waals surface area contributed by atoms with Gasteiger partial charge in [-0.25, -0.2) is 0 Å². The monoisotopic (exact) mass is 251 g/mol. The molecule has 1 atom stereocenters. The van der Waals surface area contributed by atoms with Crippen LogP contribution in [0.2, 0.25) is 0 Å². The lowest BCUT2D eigenvalue weighted by Gasteiger charge is -2.11. The van der Waals surface area contributed by atoms with Crippen molar-refractivity contribution in [2.45, 2.75) is 19.9 Å². The summed E-state index contributed by atoms with van der Waals surface area (Å²) in [7, 11) is 0. The number of aliphatic carboxylic acids is 1. The Morgan fingerprint density at radius 1 is 1.28 bits per heavy atom. The van der Waals surface area contributed by atoms with E-state index in [4.69, 9.17) is 9.84 Å². The maximum absolute atomic E-state index is 11.8. The second kappa shape index (κ2) is 5.81. The topological polar surface area (TPSA) is 92.7 Å². The quantitative estimate of drug-likeness (QED) is 0.610. The summed E-state index contributed by atoms with van der Waals surface area (Å²) in [6, 6.07) is 5.08. The second-order valence-electron chi connectivity index (χ2n) is 3.62. The number of carboxylic acid groups (broad SMARTS) is 1. The molecule has 0 saturated carbocycles. The van der Waals surface area contributed by atoms with Crippen LogP contribution in [0.25, 0.3) is 0 Å². The Labute approximate surface area is 104 Å². The van der Waals surface area contributed by atoms with Crippen molar-refractivity contribution >= 4 is 17.8 Å². The third kappa shape index (κ3) is 3.58. The minimum absolute atomic E-state index is 0.0973. The first-order valence-corrected chi connectivity index (χ1v) is 5.23. The molecule has 0 bridgehead atoms. The summed E-state index contributed by atoms with van der Waals surface area (Å²) in [5.41, 5.74) is 0.112. The number of benzene rings is 1. The second-order valence-corrected chi connectivity index (χ2v) is 3.62. The molecule has 2 N–H and O–H groups in total. The van der Waals surface area contributed by atoms with E-state index >= 15 is 0 Å². The summed E-state index contributed by atoms with van der Waals surface area (Å²) in [5.74, 6) is -2.21. The largest absolute Gasteiger partial charge is 0.480 e. The van der Waals surface area contributed by atoms with Gasteiger partial charge in [0.15, 0.2) is 0 Å². The van der Waals surface area contributed by atoms with E-state index in [0.717, 1.165) is 0 Å². The van der Waals surface area contributed by atoms with E-state index < -0.39 is 23.9 Å². The van der Waals surface area contributed by atoms with E-state index in [1.54, 1.807) is 12.1 Å². The smallest absolute Gasteiger partial charge is 0.325 e. The number of amides is 1. The van der Waals surface area contributed by atoms with Gasteiger partial charge in [-0.15, -0.1) is 0 Å². The number of para-hydroxylation sites is 1. The van der Waals surface area contributed by atoms with E-state index in [1.807, 2.05) is 0 Å². The minimum Gasteiger partial charge on any atom is -0.480 e. The standard InChI is InChI=1S/C12H13NO5/c1-7(12(16)17)13-11(15)9-5-3-4-6-10(9)18-8(2)14/h3-7H,1-2H3,(H,13,15)(H,16,17)/t7-/m0/s1. The molecular formula is C12H13NO5. The first-order valence-electron chi connectivity index (χ1n) is 5.23. The molecule has 18 heavy (non-hydrogen) atoms. The molecule has 1 aromatic rings. The molecule has 0 aromatic heterocycles. The number of ether oxygens (including phenoxy) is 1. The van der Waals surface area contributed by atoms with E-state index in [2.05, 4.69) is 5.32 Å². The predicted molar refractivity (Wildman–Crippen MR) is 62.3 cm³/mol. The minimum atomic E-state index is -1.15. The van der Waals surface area contributed by atoms with Gasteiger partial charge in [0, 0.05) is 6.92 Å². The molecule has 0 radical (unpaired) electrons. The Morgan fingerprint density at radius 2 is 1.89 bits per heavy atom. The Balaban J connectivity index is 2.91. The molecule has 96 valence electrons. The van der Waals surface area contributed by atoms with Crippen LogP contribution in [0.4, 0.5) is 0 Å². The van der Waals surface area contributed by atoms with Gasteiger partial charge in [0.1, 0.15) is 11.8 Å². The summed E-state index contributed by atoms with van der Waals surface area (Å²) in [6.45, 7) is 2.56. The van der Waals surface area contributed by atoms with Gasteiger partial charge in [0.2, 0.25) is 0 Å². The van der Waals surface area contributed by atoms with Gasteiger partial charge >= 0.3 is 11.9 Å². The predicted octanol–water partition coefficient (Wildman–Crippen LogP) is 0.815. The number of nitrogens with one attached hydrogen (secondary N) is 1. The number of carbonyl (C=O) groups is 3. The molecule has 1 aromatic carbocycles. The number of rotatable bonds is 4. The fourth-order valence-corrected chi connectivity index (χ4v) is 1.23. The molecule has 1 rings (SSSR count). The fourth-order valence-electron chi connectivity index (χ4n) is 1.23. The molecule has 0 aliphatic rings. The summed E-state index contributed by atoms with van der Waals surface area (Å²) >= 11 is 0. The number of carbonyl (C=O) groups excluding carboxylic acids is 2.